The number of rotatable bonds is 5. The van der Waals surface area contributed by atoms with Gasteiger partial charge >= 0.3 is 5.97 Å². The molecular weight excluding hydrogens is 280 g/mol. The Morgan fingerprint density at radius 1 is 1.45 bits per heavy atom. The zero-order chi connectivity index (χ0) is 14.9. The van der Waals surface area contributed by atoms with Crippen molar-refractivity contribution in [3.05, 3.63) is 17.8 Å². The van der Waals surface area contributed by atoms with E-state index in [0.717, 1.165) is 17.5 Å². The molecule has 3 N–H and O–H groups in total. The molecule has 20 heavy (non-hydrogen) atoms. The molecule has 106 valence electrons. The van der Waals surface area contributed by atoms with Crippen molar-refractivity contribution in [1.29, 1.82) is 0 Å². The number of primary amides is 1. The summed E-state index contributed by atoms with van der Waals surface area (Å²) < 4.78 is 1.58. The van der Waals surface area contributed by atoms with Gasteiger partial charge in [0.05, 0.1) is 5.75 Å². The molecule has 0 spiro atoms. The minimum absolute atomic E-state index is 0.145. The predicted molar refractivity (Wildman–Crippen MR) is 74.5 cm³/mol. The van der Waals surface area contributed by atoms with Gasteiger partial charge < -0.3 is 10.8 Å². The summed E-state index contributed by atoms with van der Waals surface area (Å²) in [5.74, 6) is -1.62. The number of thioether (sulfide) groups is 1. The minimum Gasteiger partial charge on any atom is -0.481 e. The summed E-state index contributed by atoms with van der Waals surface area (Å²) in [6.45, 7) is 3.47. The molecular formula is C12H14N4O3S. The number of pyridine rings is 1. The van der Waals surface area contributed by atoms with Crippen molar-refractivity contribution in [2.45, 2.75) is 25.0 Å². The van der Waals surface area contributed by atoms with Gasteiger partial charge in [0.2, 0.25) is 5.91 Å². The third kappa shape index (κ3) is 2.74. The van der Waals surface area contributed by atoms with Gasteiger partial charge in [-0.05, 0) is 26.0 Å². The summed E-state index contributed by atoms with van der Waals surface area (Å²) in [6, 6.07) is 2.94. The van der Waals surface area contributed by atoms with E-state index in [-0.39, 0.29) is 5.75 Å². The second kappa shape index (κ2) is 5.49. The normalized spacial score (nSPS) is 12.5. The molecule has 1 atom stereocenters. The van der Waals surface area contributed by atoms with Crippen molar-refractivity contribution in [3.8, 4) is 0 Å². The summed E-state index contributed by atoms with van der Waals surface area (Å²) in [5, 5.41) is 9.19. The Morgan fingerprint density at radius 2 is 2.15 bits per heavy atom. The summed E-state index contributed by atoms with van der Waals surface area (Å²) in [5.41, 5.74) is 7.26. The highest BCUT2D eigenvalue weighted by molar-refractivity contribution is 7.99. The Hall–Kier alpha value is -2.09. The number of nitrogens with zero attached hydrogens (tertiary/aromatic N) is 3. The SMILES string of the molecule is Cc1ccc2nc(SCC(=O)O)n(C(C)C(N)=O)c2n1. The van der Waals surface area contributed by atoms with E-state index in [2.05, 4.69) is 9.97 Å². The maximum atomic E-state index is 11.4. The molecule has 8 heteroatoms. The number of aryl methyl sites for hydroxylation is 1. The fourth-order valence-corrected chi connectivity index (χ4v) is 2.55. The third-order valence-electron chi connectivity index (χ3n) is 2.77. The number of aliphatic carboxylic acids is 1. The van der Waals surface area contributed by atoms with Crippen molar-refractivity contribution in [3.63, 3.8) is 0 Å². The fraction of sp³-hybridized carbons (Fsp3) is 0.333. The molecule has 2 rings (SSSR count). The van der Waals surface area contributed by atoms with E-state index < -0.39 is 17.9 Å². The molecule has 2 aromatic heterocycles. The number of carboxylic acids is 1. The van der Waals surface area contributed by atoms with Gasteiger partial charge in [-0.3, -0.25) is 14.2 Å². The van der Waals surface area contributed by atoms with E-state index in [9.17, 15) is 9.59 Å². The largest absolute Gasteiger partial charge is 0.481 e. The van der Waals surface area contributed by atoms with Crippen LogP contribution < -0.4 is 5.73 Å². The second-order valence-corrected chi connectivity index (χ2v) is 5.26. The lowest BCUT2D eigenvalue weighted by molar-refractivity contribution is -0.133. The summed E-state index contributed by atoms with van der Waals surface area (Å²) in [6.07, 6.45) is 0. The maximum Gasteiger partial charge on any atom is 0.313 e. The van der Waals surface area contributed by atoms with Crippen LogP contribution in [0.25, 0.3) is 11.2 Å². The second-order valence-electron chi connectivity index (χ2n) is 4.32. The molecule has 0 aliphatic carbocycles. The van der Waals surface area contributed by atoms with E-state index in [1.807, 2.05) is 6.92 Å². The minimum atomic E-state index is -0.954. The number of carbonyl (C=O) groups is 2. The molecule has 0 aliphatic rings. The maximum absolute atomic E-state index is 11.4. The third-order valence-corrected chi connectivity index (χ3v) is 3.71. The standard InChI is InChI=1S/C12H14N4O3S/c1-6-3-4-8-11(14-6)16(7(2)10(13)19)12(15-8)20-5-9(17)18/h3-4,7H,5H2,1-2H3,(H2,13,19)(H,17,18). The summed E-state index contributed by atoms with van der Waals surface area (Å²) in [4.78, 5) is 30.8. The van der Waals surface area contributed by atoms with Crippen LogP contribution in [0, 0.1) is 6.92 Å². The lowest BCUT2D eigenvalue weighted by atomic mass is 10.3. The molecule has 1 unspecified atom stereocenters. The van der Waals surface area contributed by atoms with Crippen LogP contribution in [-0.4, -0.2) is 37.3 Å². The van der Waals surface area contributed by atoms with Crippen LogP contribution in [0.5, 0.6) is 0 Å². The Bertz CT molecular complexity index is 683. The van der Waals surface area contributed by atoms with Crippen molar-refractivity contribution < 1.29 is 14.7 Å². The number of hydrogen-bond acceptors (Lipinski definition) is 5. The summed E-state index contributed by atoms with van der Waals surface area (Å²) in [7, 11) is 0. The molecule has 0 bridgehead atoms. The van der Waals surface area contributed by atoms with E-state index in [0.29, 0.717) is 16.3 Å². The molecule has 1 amide bonds. The lowest BCUT2D eigenvalue weighted by Crippen LogP contribution is -2.24. The van der Waals surface area contributed by atoms with Crippen molar-refractivity contribution in [2.75, 3.05) is 5.75 Å². The van der Waals surface area contributed by atoms with Gasteiger partial charge in [-0.1, -0.05) is 11.8 Å². The topological polar surface area (TPSA) is 111 Å². The quantitative estimate of drug-likeness (QED) is 0.795. The van der Waals surface area contributed by atoms with Gasteiger partial charge in [0.1, 0.15) is 11.6 Å². The first-order chi connectivity index (χ1) is 9.40. The number of carboxylic acid groups (broad SMARTS) is 1. The zero-order valence-electron chi connectivity index (χ0n) is 11.0. The van der Waals surface area contributed by atoms with E-state index in [1.54, 1.807) is 23.6 Å². The lowest BCUT2D eigenvalue weighted by Gasteiger charge is -2.13. The van der Waals surface area contributed by atoms with Crippen molar-refractivity contribution in [1.82, 2.24) is 14.5 Å². The number of imidazole rings is 1. The number of fused-ring (bicyclic) bond motifs is 1. The van der Waals surface area contributed by atoms with E-state index >= 15 is 0 Å². The fourth-order valence-electron chi connectivity index (χ4n) is 1.75. The van der Waals surface area contributed by atoms with Gasteiger partial charge in [0.15, 0.2) is 10.8 Å². The van der Waals surface area contributed by atoms with Crippen molar-refractivity contribution in [2.24, 2.45) is 5.73 Å². The Labute approximate surface area is 119 Å². The highest BCUT2D eigenvalue weighted by Crippen LogP contribution is 2.26. The number of amides is 1. The predicted octanol–water partition coefficient (Wildman–Crippen LogP) is 0.963. The van der Waals surface area contributed by atoms with Crippen LogP contribution in [0.3, 0.4) is 0 Å². The molecule has 7 nitrogen and oxygen atoms in total. The van der Waals surface area contributed by atoms with Crippen LogP contribution in [0.1, 0.15) is 18.7 Å². The Kier molecular flexibility index (Phi) is 3.93. The number of aromatic nitrogens is 3. The van der Waals surface area contributed by atoms with Gasteiger partial charge in [0.25, 0.3) is 0 Å². The van der Waals surface area contributed by atoms with Gasteiger partial charge in [-0.25, -0.2) is 9.97 Å². The van der Waals surface area contributed by atoms with Crippen molar-refractivity contribution >= 4 is 34.8 Å². The first-order valence-corrected chi connectivity index (χ1v) is 6.88. The Balaban J connectivity index is 2.57. The molecule has 2 aromatic rings. The first kappa shape index (κ1) is 14.3. The number of nitrogens with two attached hydrogens (primary N) is 1. The highest BCUT2D eigenvalue weighted by atomic mass is 32.2. The average molecular weight is 294 g/mol. The molecule has 0 radical (unpaired) electrons. The summed E-state index contributed by atoms with van der Waals surface area (Å²) >= 11 is 1.04. The molecule has 0 saturated carbocycles. The van der Waals surface area contributed by atoms with Crippen LogP contribution in [-0.2, 0) is 9.59 Å². The molecule has 0 fully saturated rings. The molecule has 2 heterocycles. The first-order valence-electron chi connectivity index (χ1n) is 5.89. The molecule has 0 saturated heterocycles. The highest BCUT2D eigenvalue weighted by Gasteiger charge is 2.21. The number of hydrogen-bond donors (Lipinski definition) is 2. The van der Waals surface area contributed by atoms with Gasteiger partial charge in [-0.15, -0.1) is 0 Å². The Morgan fingerprint density at radius 3 is 2.75 bits per heavy atom. The van der Waals surface area contributed by atoms with Crippen LogP contribution in [0.2, 0.25) is 0 Å². The van der Waals surface area contributed by atoms with Crippen LogP contribution in [0.4, 0.5) is 0 Å². The van der Waals surface area contributed by atoms with Crippen LogP contribution >= 0.6 is 11.8 Å². The number of carbonyl (C=O) groups excluding carboxylic acids is 1. The zero-order valence-corrected chi connectivity index (χ0v) is 11.8. The van der Waals surface area contributed by atoms with E-state index in [4.69, 9.17) is 10.8 Å². The molecule has 0 aliphatic heterocycles. The van der Waals surface area contributed by atoms with E-state index in [1.165, 1.54) is 0 Å². The van der Waals surface area contributed by atoms with Gasteiger partial charge in [0, 0.05) is 5.69 Å². The van der Waals surface area contributed by atoms with Gasteiger partial charge in [-0.2, -0.15) is 0 Å². The smallest absolute Gasteiger partial charge is 0.313 e. The monoisotopic (exact) mass is 294 g/mol. The molecule has 0 aromatic carbocycles. The average Bonchev–Trinajstić information content (AvgIpc) is 2.72. The van der Waals surface area contributed by atoms with Crippen LogP contribution in [0.15, 0.2) is 17.3 Å².